The van der Waals surface area contributed by atoms with Crippen LogP contribution in [0.2, 0.25) is 0 Å². The van der Waals surface area contributed by atoms with E-state index in [-0.39, 0.29) is 11.8 Å². The monoisotopic (exact) mass is 533 g/mol. The molecule has 1 aromatic rings. The van der Waals surface area contributed by atoms with E-state index in [0.717, 1.165) is 30.4 Å². The largest absolute Gasteiger partial charge is 0.492 e. The summed E-state index contributed by atoms with van der Waals surface area (Å²) in [5, 5.41) is 0. The van der Waals surface area contributed by atoms with Crippen molar-refractivity contribution in [3.63, 3.8) is 0 Å². The van der Waals surface area contributed by atoms with Crippen molar-refractivity contribution < 1.29 is 35.9 Å². The summed E-state index contributed by atoms with van der Waals surface area (Å²) in [6.45, 7) is 12.4. The van der Waals surface area contributed by atoms with Crippen LogP contribution in [0, 0.1) is 28.8 Å². The molecule has 2 aliphatic rings. The van der Waals surface area contributed by atoms with Gasteiger partial charge in [-0.05, 0) is 68.9 Å². The van der Waals surface area contributed by atoms with Crippen LogP contribution in [0.25, 0.3) is 0 Å². The lowest BCUT2D eigenvalue weighted by Crippen LogP contribution is -2.46. The van der Waals surface area contributed by atoms with Crippen LogP contribution in [-0.2, 0) is 9.53 Å². The molecule has 0 N–H and O–H groups in total. The van der Waals surface area contributed by atoms with E-state index in [1.807, 2.05) is 34.6 Å². The quantitative estimate of drug-likeness (QED) is 0.169. The van der Waals surface area contributed by atoms with Gasteiger partial charge in [-0.15, -0.1) is 6.58 Å². The zero-order valence-electron chi connectivity index (χ0n) is 22.3. The molecule has 0 saturated carbocycles. The second-order valence-corrected chi connectivity index (χ2v) is 8.59. The molecule has 0 spiro atoms. The number of benzene rings is 1. The molecule has 0 bridgehead atoms. The van der Waals surface area contributed by atoms with Crippen molar-refractivity contribution in [3.8, 4) is 0 Å². The molecule has 1 fully saturated rings. The number of likely N-dealkylation sites (N-methyl/N-ethyl adjacent to an activating group) is 1. The molecule has 37 heavy (non-hydrogen) atoms. The van der Waals surface area contributed by atoms with Crippen LogP contribution in [0.1, 0.15) is 47.5 Å². The molecule has 0 aromatic heterocycles. The summed E-state index contributed by atoms with van der Waals surface area (Å²) in [5.41, 5.74) is 1.65. The van der Waals surface area contributed by atoms with Crippen molar-refractivity contribution in [2.45, 2.75) is 53.6 Å². The van der Waals surface area contributed by atoms with Gasteiger partial charge in [-0.3, -0.25) is 4.79 Å². The predicted octanol–water partition coefficient (Wildman–Crippen LogP) is 8.16. The van der Waals surface area contributed by atoms with Gasteiger partial charge in [0.15, 0.2) is 18.2 Å². The Hall–Kier alpha value is -2.97. The van der Waals surface area contributed by atoms with Gasteiger partial charge in [0.05, 0.1) is 11.7 Å². The summed E-state index contributed by atoms with van der Waals surface area (Å²) >= 11 is 0. The van der Waals surface area contributed by atoms with Gasteiger partial charge in [-0.2, -0.15) is 13.2 Å². The second-order valence-electron chi connectivity index (χ2n) is 8.59. The zero-order chi connectivity index (χ0) is 28.8. The van der Waals surface area contributed by atoms with E-state index in [1.54, 1.807) is 24.1 Å². The van der Waals surface area contributed by atoms with Crippen molar-refractivity contribution in [2.24, 2.45) is 11.3 Å². The summed E-state index contributed by atoms with van der Waals surface area (Å²) in [6, 6.07) is 2.10. The van der Waals surface area contributed by atoms with Gasteiger partial charge in [0.25, 0.3) is 0 Å². The normalized spacial score (nSPS) is 18.0. The Morgan fingerprint density at radius 3 is 2.27 bits per heavy atom. The highest BCUT2D eigenvalue weighted by atomic mass is 19.4. The standard InChI is InChI=1S/C17H22F3NO2.C6H3F3.C3H6.C2H6/c1-16(2)14-9-12(5-4-8-23-11-17(18,19)20)6-7-13(14)10-21(3)15(16)22;7-4-1-2-5(8)6(9)3-4;1-3-2;1-2/h4,7-9,12H,5-6,10-11H2,1-3H3;1-3H;3H,1H2,2H3;1-2H3/b8-4+;;;. The molecule has 1 saturated heterocycles. The van der Waals surface area contributed by atoms with Gasteiger partial charge >= 0.3 is 6.18 Å². The average molecular weight is 534 g/mol. The smallest absolute Gasteiger partial charge is 0.422 e. The molecule has 1 amide bonds. The number of carbonyl (C=O) groups is 1. The Bertz CT molecular complexity index is 964. The minimum Gasteiger partial charge on any atom is -0.492 e. The topological polar surface area (TPSA) is 29.5 Å². The van der Waals surface area contributed by atoms with Crippen LogP contribution < -0.4 is 0 Å². The molecule has 1 unspecified atom stereocenters. The summed E-state index contributed by atoms with van der Waals surface area (Å²) in [6.07, 6.45) is 5.79. The van der Waals surface area contributed by atoms with Crippen LogP contribution in [-0.4, -0.2) is 37.2 Å². The van der Waals surface area contributed by atoms with Crippen molar-refractivity contribution in [3.05, 3.63) is 83.9 Å². The minimum atomic E-state index is -4.31. The third-order valence-electron chi connectivity index (χ3n) is 5.14. The highest BCUT2D eigenvalue weighted by Gasteiger charge is 2.41. The summed E-state index contributed by atoms with van der Waals surface area (Å²) in [5.74, 6) is -2.69. The molecule has 1 aliphatic carbocycles. The molecular formula is C28H37F6NO2. The molecule has 1 heterocycles. The lowest BCUT2D eigenvalue weighted by Gasteiger charge is -2.41. The van der Waals surface area contributed by atoms with Gasteiger partial charge < -0.3 is 9.64 Å². The van der Waals surface area contributed by atoms with Crippen molar-refractivity contribution in [1.29, 1.82) is 0 Å². The lowest BCUT2D eigenvalue weighted by molar-refractivity contribution is -0.161. The number of piperidine rings is 1. The molecule has 208 valence electrons. The van der Waals surface area contributed by atoms with Crippen LogP contribution in [0.5, 0.6) is 0 Å². The van der Waals surface area contributed by atoms with Gasteiger partial charge in [0.2, 0.25) is 5.91 Å². The number of allylic oxidation sites excluding steroid dienone is 4. The first-order valence-electron chi connectivity index (χ1n) is 11.9. The van der Waals surface area contributed by atoms with Crippen molar-refractivity contribution >= 4 is 5.91 Å². The summed E-state index contributed by atoms with van der Waals surface area (Å²) in [7, 11) is 1.80. The molecule has 1 aliphatic heterocycles. The number of fused-ring (bicyclic) bond motifs is 1. The number of amides is 1. The highest BCUT2D eigenvalue weighted by molar-refractivity contribution is 5.88. The van der Waals surface area contributed by atoms with Crippen LogP contribution in [0.15, 0.2) is 66.5 Å². The Morgan fingerprint density at radius 2 is 1.76 bits per heavy atom. The number of carbonyl (C=O) groups excluding carboxylic acids is 1. The number of likely N-dealkylation sites (tertiary alicyclic amines) is 1. The van der Waals surface area contributed by atoms with Crippen LogP contribution in [0.3, 0.4) is 0 Å². The van der Waals surface area contributed by atoms with Crippen LogP contribution in [0.4, 0.5) is 26.3 Å². The van der Waals surface area contributed by atoms with E-state index in [1.165, 1.54) is 5.57 Å². The molecular weight excluding hydrogens is 496 g/mol. The second kappa shape index (κ2) is 16.0. The molecule has 3 nitrogen and oxygen atoms in total. The maximum absolute atomic E-state index is 12.3. The maximum atomic E-state index is 12.3. The molecule has 1 atom stereocenters. The van der Waals surface area contributed by atoms with Gasteiger partial charge in [0.1, 0.15) is 5.82 Å². The average Bonchev–Trinajstić information content (AvgIpc) is 2.82. The summed E-state index contributed by atoms with van der Waals surface area (Å²) < 4.78 is 76.2. The Labute approximate surface area is 216 Å². The first-order valence-corrected chi connectivity index (χ1v) is 11.9. The third kappa shape index (κ3) is 11.7. The number of nitrogens with zero attached hydrogens (tertiary/aromatic N) is 1. The molecule has 9 heteroatoms. The first kappa shape index (κ1) is 34.0. The van der Waals surface area contributed by atoms with E-state index in [4.69, 9.17) is 0 Å². The number of ether oxygens (including phenoxy) is 1. The van der Waals surface area contributed by atoms with E-state index in [2.05, 4.69) is 23.5 Å². The Kier molecular flexibility index (Phi) is 14.7. The third-order valence-corrected chi connectivity index (χ3v) is 5.14. The lowest BCUT2D eigenvalue weighted by atomic mass is 9.71. The van der Waals surface area contributed by atoms with Crippen LogP contribution >= 0.6 is 0 Å². The van der Waals surface area contributed by atoms with E-state index < -0.39 is 35.6 Å². The fourth-order valence-corrected chi connectivity index (χ4v) is 3.57. The fourth-order valence-electron chi connectivity index (χ4n) is 3.57. The number of rotatable bonds is 4. The number of alkyl halides is 3. The number of halogens is 6. The number of hydrogen-bond donors (Lipinski definition) is 0. The Balaban J connectivity index is 0.000000764. The number of hydrogen-bond acceptors (Lipinski definition) is 2. The van der Waals surface area contributed by atoms with Crippen molar-refractivity contribution in [2.75, 3.05) is 20.2 Å². The minimum absolute atomic E-state index is 0.0885. The van der Waals surface area contributed by atoms with Gasteiger partial charge in [-0.1, -0.05) is 32.1 Å². The van der Waals surface area contributed by atoms with E-state index in [0.29, 0.717) is 19.0 Å². The Morgan fingerprint density at radius 1 is 1.16 bits per heavy atom. The predicted molar refractivity (Wildman–Crippen MR) is 135 cm³/mol. The van der Waals surface area contributed by atoms with Gasteiger partial charge in [-0.25, -0.2) is 13.2 Å². The fraction of sp³-hybridized carbons (Fsp3) is 0.464. The zero-order valence-corrected chi connectivity index (χ0v) is 22.3. The van der Waals surface area contributed by atoms with Gasteiger partial charge in [0, 0.05) is 19.7 Å². The highest BCUT2D eigenvalue weighted by Crippen LogP contribution is 2.42. The SMILES string of the molecule is C=CC.CC.CN1CC2=CCC(C/C=C/OCC(F)(F)F)C=C2C(C)(C)C1=O.Fc1ccc(F)c(F)c1. The maximum Gasteiger partial charge on any atom is 0.422 e. The van der Waals surface area contributed by atoms with Crippen molar-refractivity contribution in [1.82, 2.24) is 4.90 Å². The molecule has 3 rings (SSSR count). The molecule has 1 aromatic carbocycles. The van der Waals surface area contributed by atoms with E-state index in [9.17, 15) is 31.1 Å². The van der Waals surface area contributed by atoms with E-state index >= 15 is 0 Å². The summed E-state index contributed by atoms with van der Waals surface area (Å²) in [4.78, 5) is 14.0. The first-order chi connectivity index (χ1) is 17.2. The molecule has 0 radical (unpaired) electrons.